The van der Waals surface area contributed by atoms with Crippen molar-refractivity contribution < 1.29 is 26.1 Å². The highest BCUT2D eigenvalue weighted by Crippen LogP contribution is 2.20. The number of rotatable bonds is 0. The standard InChI is InChI=1S/C5H8N4S.CHF3O3S/c6-5-8-7-4-1-3(10)2-9(4)5;2-1(3,4)8(5,6)7/h3,10H,1-2H2,(H2,6,8);(H,5,6,7). The molecule has 0 spiro atoms. The summed E-state index contributed by atoms with van der Waals surface area (Å²) in [4.78, 5) is 0. The first-order chi connectivity index (χ1) is 8.02. The zero-order valence-electron chi connectivity index (χ0n) is 8.66. The van der Waals surface area contributed by atoms with Gasteiger partial charge in [-0.3, -0.25) is 9.12 Å². The summed E-state index contributed by atoms with van der Waals surface area (Å²) in [5.74, 6) is 1.46. The van der Waals surface area contributed by atoms with Crippen LogP contribution in [-0.2, 0) is 23.1 Å². The Labute approximate surface area is 105 Å². The van der Waals surface area contributed by atoms with Gasteiger partial charge in [0.1, 0.15) is 5.82 Å². The van der Waals surface area contributed by atoms with E-state index in [4.69, 9.17) is 18.7 Å². The predicted octanol–water partition coefficient (Wildman–Crippen LogP) is 0.109. The summed E-state index contributed by atoms with van der Waals surface area (Å²) in [6.45, 7) is 0.845. The van der Waals surface area contributed by atoms with Gasteiger partial charge in [0.05, 0.1) is 0 Å². The van der Waals surface area contributed by atoms with E-state index in [-0.39, 0.29) is 0 Å². The zero-order chi connectivity index (χ0) is 14.1. The van der Waals surface area contributed by atoms with Gasteiger partial charge in [0.2, 0.25) is 5.95 Å². The number of alkyl halides is 3. The average molecular weight is 306 g/mol. The van der Waals surface area contributed by atoms with E-state index in [0.29, 0.717) is 11.2 Å². The predicted molar refractivity (Wildman–Crippen MR) is 58.5 cm³/mol. The minimum Gasteiger partial charge on any atom is -0.368 e. The van der Waals surface area contributed by atoms with Gasteiger partial charge in [-0.15, -0.1) is 10.2 Å². The molecular formula is C6H9F3N4O3S2. The molecule has 2 rings (SSSR count). The maximum atomic E-state index is 10.7. The summed E-state index contributed by atoms with van der Waals surface area (Å²) in [6, 6.07) is 0. The number of aromatic nitrogens is 3. The molecule has 12 heteroatoms. The number of anilines is 1. The number of nitrogens with zero attached hydrogens (tertiary/aromatic N) is 3. The molecule has 0 aromatic carbocycles. The highest BCUT2D eigenvalue weighted by Gasteiger charge is 2.44. The summed E-state index contributed by atoms with van der Waals surface area (Å²) in [5, 5.41) is 7.98. The Hall–Kier alpha value is -1.01. The first-order valence-electron chi connectivity index (χ1n) is 4.41. The van der Waals surface area contributed by atoms with E-state index in [1.165, 1.54) is 0 Å². The van der Waals surface area contributed by atoms with Crippen LogP contribution in [0.15, 0.2) is 0 Å². The van der Waals surface area contributed by atoms with Crippen LogP contribution in [0.3, 0.4) is 0 Å². The van der Waals surface area contributed by atoms with Crippen LogP contribution in [0.4, 0.5) is 19.1 Å². The van der Waals surface area contributed by atoms with Crippen LogP contribution in [0.1, 0.15) is 5.82 Å². The van der Waals surface area contributed by atoms with Crippen molar-refractivity contribution in [2.45, 2.75) is 23.7 Å². The van der Waals surface area contributed by atoms with Gasteiger partial charge in [-0.1, -0.05) is 0 Å². The second-order valence-electron chi connectivity index (χ2n) is 3.36. The summed E-state index contributed by atoms with van der Waals surface area (Å²) in [5.41, 5.74) is -0.0252. The Bertz CT molecular complexity index is 527. The molecular weight excluding hydrogens is 297 g/mol. The molecule has 104 valence electrons. The minimum atomic E-state index is -5.84. The quantitative estimate of drug-likeness (QED) is 0.356. The Kier molecular flexibility index (Phi) is 4.12. The van der Waals surface area contributed by atoms with Crippen LogP contribution in [0.2, 0.25) is 0 Å². The van der Waals surface area contributed by atoms with E-state index >= 15 is 0 Å². The van der Waals surface area contributed by atoms with Crippen molar-refractivity contribution in [1.29, 1.82) is 0 Å². The fraction of sp³-hybridized carbons (Fsp3) is 0.667. The third kappa shape index (κ3) is 3.49. The van der Waals surface area contributed by atoms with E-state index in [1.807, 2.05) is 4.57 Å². The molecule has 7 nitrogen and oxygen atoms in total. The third-order valence-electron chi connectivity index (χ3n) is 1.96. The van der Waals surface area contributed by atoms with Crippen molar-refractivity contribution >= 4 is 28.7 Å². The molecule has 0 amide bonds. The molecule has 1 aliphatic rings. The van der Waals surface area contributed by atoms with Crippen LogP contribution in [0.25, 0.3) is 0 Å². The minimum absolute atomic E-state index is 0.368. The van der Waals surface area contributed by atoms with Gasteiger partial charge in [0.15, 0.2) is 0 Å². The molecule has 0 radical (unpaired) electrons. The largest absolute Gasteiger partial charge is 0.522 e. The normalized spacial score (nSPS) is 19.1. The summed E-state index contributed by atoms with van der Waals surface area (Å²) < 4.78 is 59.4. The smallest absolute Gasteiger partial charge is 0.368 e. The second kappa shape index (κ2) is 4.93. The number of hydrogen-bond acceptors (Lipinski definition) is 6. The lowest BCUT2D eigenvalue weighted by Gasteiger charge is -1.97. The topological polar surface area (TPSA) is 111 Å². The van der Waals surface area contributed by atoms with E-state index in [2.05, 4.69) is 22.8 Å². The van der Waals surface area contributed by atoms with E-state index < -0.39 is 15.6 Å². The molecule has 18 heavy (non-hydrogen) atoms. The van der Waals surface area contributed by atoms with Gasteiger partial charge in [0, 0.05) is 18.2 Å². The van der Waals surface area contributed by atoms with Gasteiger partial charge in [-0.05, 0) is 0 Å². The molecule has 0 bridgehead atoms. The number of fused-ring (bicyclic) bond motifs is 1. The first-order valence-corrected chi connectivity index (χ1v) is 6.37. The van der Waals surface area contributed by atoms with Crippen molar-refractivity contribution in [2.75, 3.05) is 5.73 Å². The van der Waals surface area contributed by atoms with Gasteiger partial charge < -0.3 is 5.73 Å². The van der Waals surface area contributed by atoms with Crippen LogP contribution in [0, 0.1) is 0 Å². The molecule has 1 unspecified atom stereocenters. The molecule has 2 heterocycles. The number of halogens is 3. The molecule has 0 saturated carbocycles. The lowest BCUT2D eigenvalue weighted by molar-refractivity contribution is -0.0510. The molecule has 0 fully saturated rings. The van der Waals surface area contributed by atoms with Crippen LogP contribution < -0.4 is 5.73 Å². The zero-order valence-corrected chi connectivity index (χ0v) is 10.4. The number of hydrogen-bond donors (Lipinski definition) is 3. The molecule has 1 aromatic rings. The number of nitrogen functional groups attached to an aromatic ring is 1. The van der Waals surface area contributed by atoms with Gasteiger partial charge in [0.25, 0.3) is 0 Å². The average Bonchev–Trinajstić information content (AvgIpc) is 2.66. The first kappa shape index (κ1) is 15.0. The maximum absolute atomic E-state index is 10.7. The van der Waals surface area contributed by atoms with E-state index in [0.717, 1.165) is 18.8 Å². The molecule has 1 aromatic heterocycles. The SMILES string of the molecule is Nc1nnc2n1CC(S)C2.O=S(=O)(O)C(F)(F)F. The van der Waals surface area contributed by atoms with Crippen molar-refractivity contribution in [3.05, 3.63) is 5.82 Å². The molecule has 0 saturated heterocycles. The second-order valence-corrected chi connectivity index (χ2v) is 5.51. The Morgan fingerprint density at radius 3 is 2.33 bits per heavy atom. The highest BCUT2D eigenvalue weighted by atomic mass is 32.2. The van der Waals surface area contributed by atoms with E-state index in [1.54, 1.807) is 0 Å². The van der Waals surface area contributed by atoms with Crippen molar-refractivity contribution in [1.82, 2.24) is 14.8 Å². The Morgan fingerprint density at radius 1 is 1.44 bits per heavy atom. The monoisotopic (exact) mass is 306 g/mol. The highest BCUT2D eigenvalue weighted by molar-refractivity contribution is 7.86. The van der Waals surface area contributed by atoms with Crippen LogP contribution in [0.5, 0.6) is 0 Å². The summed E-state index contributed by atoms with van der Waals surface area (Å²) >= 11 is 4.31. The van der Waals surface area contributed by atoms with Crippen LogP contribution in [-0.4, -0.2) is 38.5 Å². The van der Waals surface area contributed by atoms with Gasteiger partial charge >= 0.3 is 15.6 Å². The third-order valence-corrected chi connectivity index (χ3v) is 2.89. The van der Waals surface area contributed by atoms with Crippen molar-refractivity contribution in [2.24, 2.45) is 0 Å². The molecule has 3 N–H and O–H groups in total. The lowest BCUT2D eigenvalue weighted by atomic mass is 10.3. The van der Waals surface area contributed by atoms with Crippen LogP contribution >= 0.6 is 12.6 Å². The van der Waals surface area contributed by atoms with Gasteiger partial charge in [-0.2, -0.15) is 34.2 Å². The number of nitrogens with two attached hydrogens (primary N) is 1. The Balaban J connectivity index is 0.000000187. The Morgan fingerprint density at radius 2 is 1.94 bits per heavy atom. The van der Waals surface area contributed by atoms with Crippen molar-refractivity contribution in [3.63, 3.8) is 0 Å². The van der Waals surface area contributed by atoms with Crippen molar-refractivity contribution in [3.8, 4) is 0 Å². The van der Waals surface area contributed by atoms with Gasteiger partial charge in [-0.25, -0.2) is 0 Å². The molecule has 0 aliphatic carbocycles. The summed E-state index contributed by atoms with van der Waals surface area (Å²) in [6.07, 6.45) is 0.882. The maximum Gasteiger partial charge on any atom is 0.522 e. The number of thiol groups is 1. The lowest BCUT2D eigenvalue weighted by Crippen LogP contribution is -2.21. The molecule has 1 aliphatic heterocycles. The fourth-order valence-corrected chi connectivity index (χ4v) is 1.51. The summed E-state index contributed by atoms with van der Waals surface area (Å²) in [7, 11) is -5.84. The van der Waals surface area contributed by atoms with E-state index in [9.17, 15) is 13.2 Å². The fourth-order valence-electron chi connectivity index (χ4n) is 1.19. The molecule has 1 atom stereocenters.